The van der Waals surface area contributed by atoms with Crippen LogP contribution in [-0.2, 0) is 14.3 Å². The molecule has 0 unspecified atom stereocenters. The molecular formula is C11H18N2O5. The van der Waals surface area contributed by atoms with Crippen LogP contribution in [0.4, 0.5) is 4.79 Å². The maximum absolute atomic E-state index is 11.7. The van der Waals surface area contributed by atoms with Crippen molar-refractivity contribution < 1.29 is 24.2 Å². The summed E-state index contributed by atoms with van der Waals surface area (Å²) in [6, 6.07) is 0. The maximum atomic E-state index is 11.7. The molecule has 0 aromatic rings. The number of rotatable bonds is 0. The number of carboxylic acids is 1. The number of carbonyl (C=O) groups is 3. The first-order valence-electron chi connectivity index (χ1n) is 5.71. The van der Waals surface area contributed by atoms with Crippen LogP contribution in [0.1, 0.15) is 20.8 Å². The van der Waals surface area contributed by atoms with Gasteiger partial charge in [-0.05, 0) is 20.8 Å². The summed E-state index contributed by atoms with van der Waals surface area (Å²) >= 11 is 0. The zero-order valence-electron chi connectivity index (χ0n) is 10.8. The molecule has 0 aromatic carbocycles. The van der Waals surface area contributed by atoms with E-state index < -0.39 is 23.6 Å². The minimum atomic E-state index is -1.47. The molecule has 1 saturated heterocycles. The van der Waals surface area contributed by atoms with Crippen LogP contribution in [0.3, 0.4) is 0 Å². The molecule has 1 aliphatic heterocycles. The minimum absolute atomic E-state index is 0.213. The second-order valence-electron chi connectivity index (χ2n) is 5.06. The number of amides is 2. The van der Waals surface area contributed by atoms with Crippen LogP contribution < -0.4 is 0 Å². The highest BCUT2D eigenvalue weighted by Crippen LogP contribution is 2.11. The number of carboxylic acid groups (broad SMARTS) is 1. The number of nitrogens with zero attached hydrogens (tertiary/aromatic N) is 2. The van der Waals surface area contributed by atoms with Gasteiger partial charge in [-0.1, -0.05) is 0 Å². The summed E-state index contributed by atoms with van der Waals surface area (Å²) in [5.41, 5.74) is -0.564. The lowest BCUT2D eigenvalue weighted by atomic mass is 10.2. The van der Waals surface area contributed by atoms with Crippen molar-refractivity contribution >= 4 is 18.0 Å². The first kappa shape index (κ1) is 14.3. The lowest BCUT2D eigenvalue weighted by Gasteiger charge is -2.34. The lowest BCUT2D eigenvalue weighted by molar-refractivity contribution is -0.156. The Morgan fingerprint density at radius 3 is 1.83 bits per heavy atom. The van der Waals surface area contributed by atoms with Crippen LogP contribution in [0.5, 0.6) is 0 Å². The molecule has 1 N–H and O–H groups in total. The molecule has 1 heterocycles. The SMILES string of the molecule is CC(C)(C)OC(=O)N1CCN(C(=O)C(=O)O)CC1. The molecule has 7 nitrogen and oxygen atoms in total. The molecule has 2 amide bonds. The van der Waals surface area contributed by atoms with Crippen molar-refractivity contribution in [3.05, 3.63) is 0 Å². The van der Waals surface area contributed by atoms with E-state index in [1.165, 1.54) is 9.80 Å². The van der Waals surface area contributed by atoms with Gasteiger partial charge in [0.2, 0.25) is 0 Å². The van der Waals surface area contributed by atoms with Crippen LogP contribution in [0.15, 0.2) is 0 Å². The summed E-state index contributed by atoms with van der Waals surface area (Å²) in [4.78, 5) is 36.1. The fourth-order valence-corrected chi connectivity index (χ4v) is 1.55. The van der Waals surface area contributed by atoms with Crippen LogP contribution in [0.25, 0.3) is 0 Å². The summed E-state index contributed by atoms with van der Waals surface area (Å²) in [6.07, 6.45) is -0.440. The summed E-state index contributed by atoms with van der Waals surface area (Å²) in [6.45, 7) is 6.32. The van der Waals surface area contributed by atoms with Crippen molar-refractivity contribution in [1.82, 2.24) is 9.80 Å². The topological polar surface area (TPSA) is 87.2 Å². The van der Waals surface area contributed by atoms with E-state index in [0.29, 0.717) is 0 Å². The third-order valence-electron chi connectivity index (χ3n) is 2.40. The van der Waals surface area contributed by atoms with Gasteiger partial charge < -0.3 is 19.6 Å². The Balaban J connectivity index is 2.47. The number of carbonyl (C=O) groups excluding carboxylic acids is 2. The highest BCUT2D eigenvalue weighted by atomic mass is 16.6. The molecule has 0 bridgehead atoms. The average molecular weight is 258 g/mol. The fourth-order valence-electron chi connectivity index (χ4n) is 1.55. The first-order chi connectivity index (χ1) is 8.20. The molecule has 1 aliphatic rings. The van der Waals surface area contributed by atoms with Gasteiger partial charge in [0, 0.05) is 26.2 Å². The molecule has 7 heteroatoms. The van der Waals surface area contributed by atoms with Crippen LogP contribution in [-0.4, -0.2) is 64.7 Å². The van der Waals surface area contributed by atoms with Gasteiger partial charge in [0.1, 0.15) is 5.60 Å². The predicted molar refractivity (Wildman–Crippen MR) is 62.0 cm³/mol. The van der Waals surface area contributed by atoms with E-state index in [0.717, 1.165) is 0 Å². The molecule has 1 rings (SSSR count). The Morgan fingerprint density at radius 1 is 1.00 bits per heavy atom. The van der Waals surface area contributed by atoms with E-state index in [1.54, 1.807) is 20.8 Å². The van der Waals surface area contributed by atoms with Crippen molar-refractivity contribution in [2.75, 3.05) is 26.2 Å². The Kier molecular flexibility index (Phi) is 4.15. The molecule has 102 valence electrons. The van der Waals surface area contributed by atoms with E-state index in [1.807, 2.05) is 0 Å². The minimum Gasteiger partial charge on any atom is -0.474 e. The van der Waals surface area contributed by atoms with Crippen molar-refractivity contribution in [2.24, 2.45) is 0 Å². The third kappa shape index (κ3) is 3.90. The highest BCUT2D eigenvalue weighted by Gasteiger charge is 2.29. The normalized spacial score (nSPS) is 16.4. The number of aliphatic carboxylic acids is 1. The van der Waals surface area contributed by atoms with E-state index in [2.05, 4.69) is 0 Å². The van der Waals surface area contributed by atoms with Gasteiger partial charge in [0.15, 0.2) is 0 Å². The van der Waals surface area contributed by atoms with Crippen LogP contribution in [0.2, 0.25) is 0 Å². The highest BCUT2D eigenvalue weighted by molar-refractivity contribution is 6.31. The molecular weight excluding hydrogens is 240 g/mol. The van der Waals surface area contributed by atoms with Gasteiger partial charge in [0.05, 0.1) is 0 Å². The van der Waals surface area contributed by atoms with Crippen LogP contribution in [0, 0.1) is 0 Å². The molecule has 0 saturated carbocycles. The second-order valence-corrected chi connectivity index (χ2v) is 5.06. The standard InChI is InChI=1S/C11H18N2O5/c1-11(2,3)18-10(17)13-6-4-12(5-7-13)8(14)9(15)16/h4-7H2,1-3H3,(H,15,16). The number of hydrogen-bond donors (Lipinski definition) is 1. The molecule has 0 atom stereocenters. The van der Waals surface area contributed by atoms with Gasteiger partial charge >= 0.3 is 18.0 Å². The second kappa shape index (κ2) is 5.24. The third-order valence-corrected chi connectivity index (χ3v) is 2.40. The summed E-state index contributed by atoms with van der Waals surface area (Å²) in [5.74, 6) is -2.40. The average Bonchev–Trinajstić information content (AvgIpc) is 2.26. The first-order valence-corrected chi connectivity index (χ1v) is 5.71. The maximum Gasteiger partial charge on any atom is 0.410 e. The van der Waals surface area contributed by atoms with Gasteiger partial charge in [-0.3, -0.25) is 4.79 Å². The summed E-state index contributed by atoms with van der Waals surface area (Å²) in [7, 11) is 0. The Morgan fingerprint density at radius 2 is 1.44 bits per heavy atom. The fraction of sp³-hybridized carbons (Fsp3) is 0.727. The molecule has 0 radical (unpaired) electrons. The summed E-state index contributed by atoms with van der Waals surface area (Å²) in [5, 5.41) is 8.57. The van der Waals surface area contributed by atoms with E-state index in [4.69, 9.17) is 9.84 Å². The number of hydrogen-bond acceptors (Lipinski definition) is 4. The molecule has 0 aromatic heterocycles. The van der Waals surface area contributed by atoms with Crippen molar-refractivity contribution in [1.29, 1.82) is 0 Å². The monoisotopic (exact) mass is 258 g/mol. The quantitative estimate of drug-likeness (QED) is 0.625. The lowest BCUT2D eigenvalue weighted by Crippen LogP contribution is -2.53. The Hall–Kier alpha value is -1.79. The molecule has 18 heavy (non-hydrogen) atoms. The molecule has 0 spiro atoms. The van der Waals surface area contributed by atoms with Crippen molar-refractivity contribution in [3.63, 3.8) is 0 Å². The molecule has 0 aliphatic carbocycles. The van der Waals surface area contributed by atoms with Crippen molar-refractivity contribution in [3.8, 4) is 0 Å². The van der Waals surface area contributed by atoms with Crippen molar-refractivity contribution in [2.45, 2.75) is 26.4 Å². The Labute approximate surface area is 105 Å². The number of piperazine rings is 1. The summed E-state index contributed by atoms with van der Waals surface area (Å²) < 4.78 is 5.19. The van der Waals surface area contributed by atoms with E-state index >= 15 is 0 Å². The van der Waals surface area contributed by atoms with Gasteiger partial charge in [0.25, 0.3) is 0 Å². The largest absolute Gasteiger partial charge is 0.474 e. The van der Waals surface area contributed by atoms with E-state index in [-0.39, 0.29) is 26.2 Å². The van der Waals surface area contributed by atoms with Gasteiger partial charge in [-0.15, -0.1) is 0 Å². The number of ether oxygens (including phenoxy) is 1. The predicted octanol–water partition coefficient (Wildman–Crippen LogP) is 0.150. The van der Waals surface area contributed by atoms with Gasteiger partial charge in [-0.2, -0.15) is 0 Å². The van der Waals surface area contributed by atoms with Crippen LogP contribution >= 0.6 is 0 Å². The molecule has 1 fully saturated rings. The zero-order chi connectivity index (χ0) is 13.9. The zero-order valence-corrected chi connectivity index (χ0v) is 10.8. The Bertz CT molecular complexity index is 353. The van der Waals surface area contributed by atoms with Gasteiger partial charge in [-0.25, -0.2) is 9.59 Å². The smallest absolute Gasteiger partial charge is 0.410 e. The van der Waals surface area contributed by atoms with E-state index in [9.17, 15) is 14.4 Å².